The molecule has 268 valence electrons. The lowest BCUT2D eigenvalue weighted by molar-refractivity contribution is 0.483. The summed E-state index contributed by atoms with van der Waals surface area (Å²) in [5.41, 5.74) is 15.8. The Morgan fingerprint density at radius 2 is 0.982 bits per heavy atom. The predicted molar refractivity (Wildman–Crippen MR) is 239 cm³/mol. The van der Waals surface area contributed by atoms with E-state index in [1.807, 2.05) is 0 Å². The van der Waals surface area contributed by atoms with Crippen molar-refractivity contribution in [1.29, 1.82) is 0 Å². The molecular weight excluding hydrogens is 693 g/mol. The van der Waals surface area contributed by atoms with E-state index < -0.39 is 0 Å². The van der Waals surface area contributed by atoms with Gasteiger partial charge in [-0.15, -0.1) is 0 Å². The Hall–Kier alpha value is -6.98. The Kier molecular flexibility index (Phi) is 5.96. The van der Waals surface area contributed by atoms with Gasteiger partial charge in [-0.3, -0.25) is 0 Å². The summed E-state index contributed by atoms with van der Waals surface area (Å²) in [5, 5.41) is 7.53. The fourth-order valence-corrected chi connectivity index (χ4v) is 10.3. The van der Waals surface area contributed by atoms with Crippen LogP contribution in [0.15, 0.2) is 164 Å². The molecule has 0 saturated heterocycles. The first kappa shape index (κ1) is 31.3. The first-order chi connectivity index (χ1) is 27.9. The molecule has 3 aromatic heterocycles. The number of hydrogen-bond acceptors (Lipinski definition) is 1. The van der Waals surface area contributed by atoms with Crippen LogP contribution in [0.3, 0.4) is 0 Å². The molecule has 13 rings (SSSR count). The maximum Gasteiger partial charge on any atom is 0.256 e. The Morgan fingerprint density at radius 3 is 1.60 bits per heavy atom. The maximum absolute atomic E-state index is 6.91. The smallest absolute Gasteiger partial charge is 0.256 e. The van der Waals surface area contributed by atoms with Crippen molar-refractivity contribution in [2.24, 2.45) is 0 Å². The molecule has 0 spiro atoms. The van der Waals surface area contributed by atoms with E-state index in [1.165, 1.54) is 93.1 Å². The van der Waals surface area contributed by atoms with Crippen molar-refractivity contribution < 1.29 is 4.74 Å². The number of aromatic nitrogens is 3. The summed E-state index contributed by atoms with van der Waals surface area (Å²) in [6, 6.07) is 60.7. The summed E-state index contributed by atoms with van der Waals surface area (Å²) >= 11 is 0. The largest absolute Gasteiger partial charge is 0.458 e. The normalized spacial score (nSPS) is 13.3. The molecule has 0 unspecified atom stereocenters. The van der Waals surface area contributed by atoms with Gasteiger partial charge in [0.15, 0.2) is 0 Å². The zero-order chi connectivity index (χ0) is 37.7. The second-order valence-corrected chi connectivity index (χ2v) is 16.9. The summed E-state index contributed by atoms with van der Waals surface area (Å²) in [7, 11) is 0. The molecule has 0 N–H and O–H groups in total. The Balaban J connectivity index is 1.18. The fraction of sp³-hybridized carbons (Fsp3) is 0.0769. The molecule has 0 bridgehead atoms. The van der Waals surface area contributed by atoms with Gasteiger partial charge in [0.05, 0.1) is 27.6 Å². The predicted octanol–water partition coefficient (Wildman–Crippen LogP) is 11.2. The Morgan fingerprint density at radius 1 is 0.421 bits per heavy atom. The maximum atomic E-state index is 6.91. The highest BCUT2D eigenvalue weighted by Gasteiger charge is 2.41. The minimum atomic E-state index is -0.00268. The molecular formula is C52H36BN3O. The molecule has 5 heteroatoms. The van der Waals surface area contributed by atoms with E-state index in [0.717, 1.165) is 22.9 Å². The zero-order valence-electron chi connectivity index (χ0n) is 31.9. The summed E-state index contributed by atoms with van der Waals surface area (Å²) in [5.74, 6) is 1.88. The molecule has 0 saturated carbocycles. The highest BCUT2D eigenvalue weighted by Crippen LogP contribution is 2.42. The second-order valence-electron chi connectivity index (χ2n) is 16.9. The Bertz CT molecular complexity index is 3450. The van der Waals surface area contributed by atoms with E-state index in [4.69, 9.17) is 4.74 Å². The topological polar surface area (TPSA) is 24.0 Å². The minimum Gasteiger partial charge on any atom is -0.458 e. The SMILES string of the molecule is CC(C)(C)c1ccc2c(c1)Oc1cccc3c1B2c1cc(-n2c4ccccc4c4ccccc42)cc2c4cc(-n5c6ccccc6c6ccccc65)ccc4n-3c12. The van der Waals surface area contributed by atoms with Gasteiger partial charge in [0.1, 0.15) is 11.5 Å². The van der Waals surface area contributed by atoms with Crippen LogP contribution in [-0.2, 0) is 5.41 Å². The third-order valence-electron chi connectivity index (χ3n) is 12.8. The lowest BCUT2D eigenvalue weighted by atomic mass is 9.34. The summed E-state index contributed by atoms with van der Waals surface area (Å²) < 4.78 is 14.3. The fourth-order valence-electron chi connectivity index (χ4n) is 10.3. The van der Waals surface area contributed by atoms with Crippen molar-refractivity contribution in [1.82, 2.24) is 13.7 Å². The van der Waals surface area contributed by atoms with Crippen LogP contribution in [0.4, 0.5) is 0 Å². The molecule has 57 heavy (non-hydrogen) atoms. The lowest BCUT2D eigenvalue weighted by Gasteiger charge is -2.34. The van der Waals surface area contributed by atoms with Gasteiger partial charge in [-0.25, -0.2) is 0 Å². The standard InChI is InChI=1S/C52H36BN3O/c1-52(2,3)31-23-25-40-49(27-31)57-48-22-12-21-47-50(48)53(40)41-30-33(55-44-19-10-6-15-36(44)37-16-7-11-20-45(37)55)29-39-38-28-32(24-26-46(38)56(47)51(39)41)54-42-17-8-4-13-34(42)35-14-5-9-18-43(35)54/h4-30H,1-3H3. The molecule has 11 aromatic rings. The van der Waals surface area contributed by atoms with Crippen molar-refractivity contribution in [3.8, 4) is 28.6 Å². The van der Waals surface area contributed by atoms with Gasteiger partial charge in [0.2, 0.25) is 0 Å². The average molecular weight is 730 g/mol. The van der Waals surface area contributed by atoms with E-state index >= 15 is 0 Å². The van der Waals surface area contributed by atoms with Gasteiger partial charge in [-0.05, 0) is 100 Å². The van der Waals surface area contributed by atoms with Crippen LogP contribution in [-0.4, -0.2) is 20.4 Å². The van der Waals surface area contributed by atoms with Crippen LogP contribution >= 0.6 is 0 Å². The van der Waals surface area contributed by atoms with Crippen molar-refractivity contribution in [2.75, 3.05) is 0 Å². The van der Waals surface area contributed by atoms with Crippen LogP contribution in [0.25, 0.3) is 82.5 Å². The third kappa shape index (κ3) is 4.08. The Labute approximate surface area is 329 Å². The van der Waals surface area contributed by atoms with E-state index in [2.05, 4.69) is 198 Å². The van der Waals surface area contributed by atoms with Crippen LogP contribution in [0.5, 0.6) is 11.5 Å². The lowest BCUT2D eigenvalue weighted by Crippen LogP contribution is -2.58. The number of rotatable bonds is 2. The molecule has 0 fully saturated rings. The van der Waals surface area contributed by atoms with Crippen molar-refractivity contribution in [3.05, 3.63) is 169 Å². The average Bonchev–Trinajstić information content (AvgIpc) is 3.87. The second kappa shape index (κ2) is 10.9. The van der Waals surface area contributed by atoms with Crippen LogP contribution < -0.4 is 21.1 Å². The summed E-state index contributed by atoms with van der Waals surface area (Å²) in [4.78, 5) is 0. The minimum absolute atomic E-state index is 0.00173. The molecule has 0 radical (unpaired) electrons. The van der Waals surface area contributed by atoms with Crippen LogP contribution in [0, 0.1) is 0 Å². The monoisotopic (exact) mass is 729 g/mol. The van der Waals surface area contributed by atoms with E-state index in [0.29, 0.717) is 0 Å². The molecule has 0 amide bonds. The zero-order valence-corrected chi connectivity index (χ0v) is 31.9. The van der Waals surface area contributed by atoms with E-state index in [1.54, 1.807) is 0 Å². The molecule has 2 aliphatic rings. The van der Waals surface area contributed by atoms with Crippen molar-refractivity contribution >= 4 is 88.5 Å². The van der Waals surface area contributed by atoms with Gasteiger partial charge in [-0.2, -0.15) is 0 Å². The number of benzene rings is 8. The molecule has 0 aliphatic carbocycles. The van der Waals surface area contributed by atoms with Gasteiger partial charge >= 0.3 is 0 Å². The number of hydrogen-bond donors (Lipinski definition) is 0. The van der Waals surface area contributed by atoms with Crippen LogP contribution in [0.1, 0.15) is 26.3 Å². The third-order valence-corrected chi connectivity index (χ3v) is 12.8. The first-order valence-electron chi connectivity index (χ1n) is 20.0. The number of nitrogens with zero attached hydrogens (tertiary/aromatic N) is 3. The molecule has 0 atom stereocenters. The van der Waals surface area contributed by atoms with Crippen molar-refractivity contribution in [2.45, 2.75) is 26.2 Å². The molecule has 5 heterocycles. The quantitative estimate of drug-likeness (QED) is 0.163. The summed E-state index contributed by atoms with van der Waals surface area (Å²) in [6.07, 6.45) is 0. The van der Waals surface area contributed by atoms with E-state index in [9.17, 15) is 0 Å². The van der Waals surface area contributed by atoms with E-state index in [-0.39, 0.29) is 12.1 Å². The van der Waals surface area contributed by atoms with Gasteiger partial charge in [0, 0.05) is 54.9 Å². The highest BCUT2D eigenvalue weighted by molar-refractivity contribution is 6.99. The molecule has 2 aliphatic heterocycles. The number of fused-ring (bicyclic) bond motifs is 13. The highest BCUT2D eigenvalue weighted by atomic mass is 16.5. The van der Waals surface area contributed by atoms with Gasteiger partial charge in [0.25, 0.3) is 6.71 Å². The van der Waals surface area contributed by atoms with Crippen molar-refractivity contribution in [3.63, 3.8) is 0 Å². The molecule has 4 nitrogen and oxygen atoms in total. The van der Waals surface area contributed by atoms with Gasteiger partial charge < -0.3 is 18.4 Å². The summed E-state index contributed by atoms with van der Waals surface area (Å²) in [6.45, 7) is 6.82. The molecule has 8 aromatic carbocycles. The van der Waals surface area contributed by atoms with Gasteiger partial charge in [-0.1, -0.05) is 112 Å². The first-order valence-corrected chi connectivity index (χ1v) is 20.0. The number of ether oxygens (including phenoxy) is 1. The number of para-hydroxylation sites is 4. The van der Waals surface area contributed by atoms with Crippen LogP contribution in [0.2, 0.25) is 0 Å².